The average Bonchev–Trinajstić information content (AvgIpc) is 2.66. The summed E-state index contributed by atoms with van der Waals surface area (Å²) in [6.45, 7) is 5.46. The van der Waals surface area contributed by atoms with E-state index in [4.69, 9.17) is 21.1 Å². The zero-order chi connectivity index (χ0) is 19.8. The number of ether oxygens (including phenoxy) is 2. The van der Waals surface area contributed by atoms with Crippen LogP contribution in [-0.2, 0) is 9.59 Å². The summed E-state index contributed by atoms with van der Waals surface area (Å²) in [6, 6.07) is 14.2. The normalized spacial score (nSPS) is 11.6. The summed E-state index contributed by atoms with van der Waals surface area (Å²) in [5.41, 5.74) is 5.64. The molecule has 0 aliphatic carbocycles. The second-order valence-corrected chi connectivity index (χ2v) is 6.67. The van der Waals surface area contributed by atoms with Crippen molar-refractivity contribution in [3.63, 3.8) is 0 Å². The zero-order valence-corrected chi connectivity index (χ0v) is 16.2. The minimum Gasteiger partial charge on any atom is -0.483 e. The van der Waals surface area contributed by atoms with Gasteiger partial charge in [0.05, 0.1) is 0 Å². The van der Waals surface area contributed by atoms with Gasteiger partial charge in [-0.05, 0) is 48.7 Å². The quantitative estimate of drug-likeness (QED) is 0.710. The number of amides is 2. The van der Waals surface area contributed by atoms with Gasteiger partial charge in [-0.25, -0.2) is 0 Å². The van der Waals surface area contributed by atoms with Crippen molar-refractivity contribution in [2.75, 3.05) is 6.61 Å². The van der Waals surface area contributed by atoms with Crippen LogP contribution in [0.3, 0.4) is 0 Å². The molecule has 0 spiro atoms. The first kappa shape index (κ1) is 20.6. The van der Waals surface area contributed by atoms with Crippen molar-refractivity contribution in [1.29, 1.82) is 0 Å². The van der Waals surface area contributed by atoms with E-state index in [0.29, 0.717) is 16.5 Å². The maximum absolute atomic E-state index is 12.0. The summed E-state index contributed by atoms with van der Waals surface area (Å²) in [6.07, 6.45) is -0.797. The average molecular weight is 391 g/mol. The Hall–Kier alpha value is -2.73. The lowest BCUT2D eigenvalue weighted by molar-refractivity contribution is -0.133. The predicted molar refractivity (Wildman–Crippen MR) is 104 cm³/mol. The van der Waals surface area contributed by atoms with Gasteiger partial charge >= 0.3 is 0 Å². The van der Waals surface area contributed by atoms with Crippen molar-refractivity contribution >= 4 is 23.4 Å². The molecule has 1 unspecified atom stereocenters. The molecule has 27 heavy (non-hydrogen) atoms. The lowest BCUT2D eigenvalue weighted by atomic mass is 10.0. The predicted octanol–water partition coefficient (Wildman–Crippen LogP) is 3.46. The molecule has 0 fully saturated rings. The molecule has 0 bridgehead atoms. The highest BCUT2D eigenvalue weighted by molar-refractivity contribution is 6.30. The molecule has 2 N–H and O–H groups in total. The van der Waals surface area contributed by atoms with Crippen LogP contribution >= 0.6 is 11.6 Å². The molecule has 2 amide bonds. The second-order valence-electron chi connectivity index (χ2n) is 6.23. The Morgan fingerprint density at radius 1 is 1.00 bits per heavy atom. The van der Waals surface area contributed by atoms with Gasteiger partial charge in [0.25, 0.3) is 11.8 Å². The van der Waals surface area contributed by atoms with E-state index >= 15 is 0 Å². The van der Waals surface area contributed by atoms with Crippen molar-refractivity contribution in [3.05, 3.63) is 59.1 Å². The molecule has 2 aromatic carbocycles. The smallest absolute Gasteiger partial charge is 0.279 e. The highest BCUT2D eigenvalue weighted by Crippen LogP contribution is 2.25. The number of benzene rings is 2. The van der Waals surface area contributed by atoms with Crippen LogP contribution in [0.4, 0.5) is 0 Å². The van der Waals surface area contributed by atoms with Crippen LogP contribution in [0, 0.1) is 0 Å². The topological polar surface area (TPSA) is 76.7 Å². The number of halogens is 1. The van der Waals surface area contributed by atoms with Crippen molar-refractivity contribution in [2.24, 2.45) is 0 Å². The Bertz CT molecular complexity index is 778. The van der Waals surface area contributed by atoms with E-state index in [9.17, 15) is 9.59 Å². The fraction of sp³-hybridized carbons (Fsp3) is 0.300. The molecule has 2 aromatic rings. The third-order valence-electron chi connectivity index (χ3n) is 3.72. The largest absolute Gasteiger partial charge is 0.483 e. The minimum absolute atomic E-state index is 0.212. The molecule has 0 radical (unpaired) electrons. The first-order chi connectivity index (χ1) is 12.9. The lowest BCUT2D eigenvalue weighted by Gasteiger charge is -2.16. The number of hydrazine groups is 1. The van der Waals surface area contributed by atoms with Gasteiger partial charge in [-0.15, -0.1) is 0 Å². The number of para-hydroxylation sites is 1. The highest BCUT2D eigenvalue weighted by atomic mass is 35.5. The molecule has 0 saturated carbocycles. The van der Waals surface area contributed by atoms with Gasteiger partial charge in [-0.3, -0.25) is 20.4 Å². The fourth-order valence-electron chi connectivity index (χ4n) is 2.27. The Morgan fingerprint density at radius 3 is 2.33 bits per heavy atom. The molecule has 1 atom stereocenters. The number of carbonyl (C=O) groups excluding carboxylic acids is 2. The van der Waals surface area contributed by atoms with Crippen LogP contribution in [0.5, 0.6) is 11.5 Å². The summed E-state index contributed by atoms with van der Waals surface area (Å²) in [7, 11) is 0. The Kier molecular flexibility index (Phi) is 7.49. The summed E-state index contributed by atoms with van der Waals surface area (Å²) in [5.74, 6) is 0.465. The van der Waals surface area contributed by atoms with E-state index in [1.54, 1.807) is 31.2 Å². The molecular formula is C20H23ClN2O4. The maximum Gasteiger partial charge on any atom is 0.279 e. The van der Waals surface area contributed by atoms with Crippen LogP contribution < -0.4 is 20.3 Å². The number of nitrogens with one attached hydrogen (secondary N) is 2. The number of hydrogen-bond acceptors (Lipinski definition) is 4. The monoisotopic (exact) mass is 390 g/mol. The van der Waals surface area contributed by atoms with E-state index in [2.05, 4.69) is 10.9 Å². The van der Waals surface area contributed by atoms with Crippen LogP contribution in [0.1, 0.15) is 32.3 Å². The lowest BCUT2D eigenvalue weighted by Crippen LogP contribution is -2.48. The fourth-order valence-corrected chi connectivity index (χ4v) is 2.40. The summed E-state index contributed by atoms with van der Waals surface area (Å²) in [4.78, 5) is 23.9. The van der Waals surface area contributed by atoms with E-state index in [1.165, 1.54) is 0 Å². The molecule has 0 aromatic heterocycles. The summed E-state index contributed by atoms with van der Waals surface area (Å²) < 4.78 is 11.0. The van der Waals surface area contributed by atoms with Crippen molar-refractivity contribution in [2.45, 2.75) is 32.8 Å². The van der Waals surface area contributed by atoms with Gasteiger partial charge in [0.2, 0.25) is 0 Å². The molecule has 2 rings (SSSR count). The van der Waals surface area contributed by atoms with Crippen LogP contribution in [0.2, 0.25) is 5.02 Å². The van der Waals surface area contributed by atoms with Crippen LogP contribution in [-0.4, -0.2) is 24.5 Å². The van der Waals surface area contributed by atoms with E-state index < -0.39 is 17.9 Å². The number of hydrogen-bond donors (Lipinski definition) is 2. The van der Waals surface area contributed by atoms with Gasteiger partial charge < -0.3 is 9.47 Å². The Labute approximate surface area is 163 Å². The molecule has 7 heteroatoms. The standard InChI is InChI=1S/C20H23ClN2O4/c1-13(2)17-6-4-5-7-18(17)26-12-19(24)22-23-20(25)14(3)27-16-10-8-15(21)9-11-16/h4-11,13-14H,12H2,1-3H3,(H,22,24)(H,23,25). The Balaban J connectivity index is 1.77. The minimum atomic E-state index is -0.797. The number of carbonyl (C=O) groups is 2. The van der Waals surface area contributed by atoms with Crippen molar-refractivity contribution < 1.29 is 19.1 Å². The van der Waals surface area contributed by atoms with Gasteiger partial charge in [-0.2, -0.15) is 0 Å². The van der Waals surface area contributed by atoms with E-state index in [0.717, 1.165) is 5.56 Å². The first-order valence-electron chi connectivity index (χ1n) is 8.59. The third-order valence-corrected chi connectivity index (χ3v) is 3.97. The molecule has 144 valence electrons. The maximum atomic E-state index is 12.0. The molecule has 0 heterocycles. The van der Waals surface area contributed by atoms with Gasteiger partial charge in [0.15, 0.2) is 12.7 Å². The van der Waals surface area contributed by atoms with Crippen molar-refractivity contribution in [3.8, 4) is 11.5 Å². The van der Waals surface area contributed by atoms with E-state index in [1.807, 2.05) is 38.1 Å². The second kappa shape index (κ2) is 9.83. The van der Waals surface area contributed by atoms with Crippen molar-refractivity contribution in [1.82, 2.24) is 10.9 Å². The molecule has 0 saturated heterocycles. The van der Waals surface area contributed by atoms with Crippen LogP contribution in [0.15, 0.2) is 48.5 Å². The molecular weight excluding hydrogens is 368 g/mol. The van der Waals surface area contributed by atoms with Gasteiger partial charge in [0, 0.05) is 5.02 Å². The van der Waals surface area contributed by atoms with Gasteiger partial charge in [-0.1, -0.05) is 43.6 Å². The SMILES string of the molecule is CC(Oc1ccc(Cl)cc1)C(=O)NNC(=O)COc1ccccc1C(C)C. The highest BCUT2D eigenvalue weighted by Gasteiger charge is 2.16. The first-order valence-corrected chi connectivity index (χ1v) is 8.97. The Morgan fingerprint density at radius 2 is 1.67 bits per heavy atom. The summed E-state index contributed by atoms with van der Waals surface area (Å²) in [5, 5.41) is 0.575. The van der Waals surface area contributed by atoms with Gasteiger partial charge in [0.1, 0.15) is 11.5 Å². The molecule has 0 aliphatic rings. The zero-order valence-electron chi connectivity index (χ0n) is 15.5. The number of rotatable bonds is 7. The molecule has 0 aliphatic heterocycles. The third kappa shape index (κ3) is 6.49. The summed E-state index contributed by atoms with van der Waals surface area (Å²) >= 11 is 5.80. The van der Waals surface area contributed by atoms with E-state index in [-0.39, 0.29) is 12.5 Å². The molecule has 6 nitrogen and oxygen atoms in total. The van der Waals surface area contributed by atoms with Crippen LogP contribution in [0.25, 0.3) is 0 Å².